The van der Waals surface area contributed by atoms with Gasteiger partial charge in [0, 0.05) is 0 Å². The van der Waals surface area contributed by atoms with E-state index in [4.69, 9.17) is 9.47 Å². The molecule has 17 heavy (non-hydrogen) atoms. The van der Waals surface area contributed by atoms with Crippen molar-refractivity contribution in [3.63, 3.8) is 0 Å². The zero-order chi connectivity index (χ0) is 12.7. The number of esters is 1. The second-order valence-corrected chi connectivity index (χ2v) is 4.27. The number of rotatable bonds is 6. The van der Waals surface area contributed by atoms with Crippen molar-refractivity contribution >= 4 is 5.97 Å². The third kappa shape index (κ3) is 4.89. The van der Waals surface area contributed by atoms with Crippen LogP contribution >= 0.6 is 0 Å². The van der Waals surface area contributed by atoms with E-state index in [0.717, 1.165) is 18.6 Å². The number of aryl methyl sites for hydroxylation is 1. The van der Waals surface area contributed by atoms with Gasteiger partial charge in [-0.1, -0.05) is 26.0 Å². The predicted molar refractivity (Wildman–Crippen MR) is 67.1 cm³/mol. The molecule has 94 valence electrons. The minimum Gasteiger partial charge on any atom is -0.497 e. The zero-order valence-electron chi connectivity index (χ0n) is 10.7. The maximum atomic E-state index is 11.2. The first kappa shape index (κ1) is 13.6. The van der Waals surface area contributed by atoms with Crippen LogP contribution in [0.3, 0.4) is 0 Å². The van der Waals surface area contributed by atoms with Crippen LogP contribution < -0.4 is 4.74 Å². The van der Waals surface area contributed by atoms with Gasteiger partial charge in [0.2, 0.25) is 0 Å². The summed E-state index contributed by atoms with van der Waals surface area (Å²) in [5, 5.41) is 0. The molecule has 0 bridgehead atoms. The van der Waals surface area contributed by atoms with Gasteiger partial charge in [0.15, 0.2) is 0 Å². The number of benzene rings is 1. The Hall–Kier alpha value is -1.51. The summed E-state index contributed by atoms with van der Waals surface area (Å²) in [5.74, 6) is 0.690. The fourth-order valence-electron chi connectivity index (χ4n) is 1.41. The molecule has 0 N–H and O–H groups in total. The van der Waals surface area contributed by atoms with E-state index in [2.05, 4.69) is 0 Å². The number of ether oxygens (including phenoxy) is 2. The SMILES string of the molecule is COc1ccc(CCCOC(=O)C(C)C)cc1. The monoisotopic (exact) mass is 236 g/mol. The third-order valence-electron chi connectivity index (χ3n) is 2.48. The highest BCUT2D eigenvalue weighted by Crippen LogP contribution is 2.12. The van der Waals surface area contributed by atoms with E-state index in [9.17, 15) is 4.79 Å². The molecule has 0 aromatic heterocycles. The molecular weight excluding hydrogens is 216 g/mol. The highest BCUT2D eigenvalue weighted by atomic mass is 16.5. The summed E-state index contributed by atoms with van der Waals surface area (Å²) in [6.45, 7) is 4.17. The average Bonchev–Trinajstić information content (AvgIpc) is 2.35. The van der Waals surface area contributed by atoms with Crippen molar-refractivity contribution in [1.29, 1.82) is 0 Å². The molecule has 3 heteroatoms. The van der Waals surface area contributed by atoms with Gasteiger partial charge in [-0.25, -0.2) is 0 Å². The standard InChI is InChI=1S/C14H20O3/c1-11(2)14(15)17-10-4-5-12-6-8-13(16-3)9-7-12/h6-9,11H,4-5,10H2,1-3H3. The highest BCUT2D eigenvalue weighted by Gasteiger charge is 2.07. The summed E-state index contributed by atoms with van der Waals surface area (Å²) >= 11 is 0. The molecule has 1 rings (SSSR count). The molecule has 1 aromatic carbocycles. The van der Waals surface area contributed by atoms with E-state index in [-0.39, 0.29) is 11.9 Å². The first-order valence-corrected chi connectivity index (χ1v) is 5.93. The van der Waals surface area contributed by atoms with Crippen LogP contribution in [0.25, 0.3) is 0 Å². The van der Waals surface area contributed by atoms with E-state index in [1.165, 1.54) is 5.56 Å². The molecule has 0 atom stereocenters. The minimum atomic E-state index is -0.125. The Morgan fingerprint density at radius 1 is 1.24 bits per heavy atom. The fraction of sp³-hybridized carbons (Fsp3) is 0.500. The highest BCUT2D eigenvalue weighted by molar-refractivity contribution is 5.71. The molecule has 0 spiro atoms. The number of carbonyl (C=O) groups excluding carboxylic acids is 1. The maximum absolute atomic E-state index is 11.2. The van der Waals surface area contributed by atoms with Gasteiger partial charge in [-0.2, -0.15) is 0 Å². The van der Waals surface area contributed by atoms with Gasteiger partial charge in [0.1, 0.15) is 5.75 Å². The Bertz CT molecular complexity index is 341. The van der Waals surface area contributed by atoms with E-state index >= 15 is 0 Å². The van der Waals surface area contributed by atoms with Crippen molar-refractivity contribution in [3.8, 4) is 5.75 Å². The van der Waals surface area contributed by atoms with Crippen LogP contribution in [0.5, 0.6) is 5.75 Å². The van der Waals surface area contributed by atoms with Crippen LogP contribution in [0, 0.1) is 5.92 Å². The Balaban J connectivity index is 2.24. The quantitative estimate of drug-likeness (QED) is 0.563. The Morgan fingerprint density at radius 2 is 1.88 bits per heavy atom. The van der Waals surface area contributed by atoms with Crippen molar-refractivity contribution in [2.75, 3.05) is 13.7 Å². The molecular formula is C14H20O3. The summed E-state index contributed by atoms with van der Waals surface area (Å²) in [7, 11) is 1.65. The lowest BCUT2D eigenvalue weighted by molar-refractivity contribution is -0.147. The Labute approximate surface area is 103 Å². The minimum absolute atomic E-state index is 0.0454. The van der Waals surface area contributed by atoms with Crippen molar-refractivity contribution < 1.29 is 14.3 Å². The van der Waals surface area contributed by atoms with Gasteiger partial charge >= 0.3 is 5.97 Å². The van der Waals surface area contributed by atoms with E-state index in [0.29, 0.717) is 6.61 Å². The van der Waals surface area contributed by atoms with Crippen LogP contribution in [0.4, 0.5) is 0 Å². The number of carbonyl (C=O) groups is 1. The molecule has 0 aliphatic heterocycles. The number of methoxy groups -OCH3 is 1. The normalized spacial score (nSPS) is 10.4. The zero-order valence-corrected chi connectivity index (χ0v) is 10.7. The van der Waals surface area contributed by atoms with Crippen LogP contribution in [-0.4, -0.2) is 19.7 Å². The molecule has 0 fully saturated rings. The lowest BCUT2D eigenvalue weighted by Crippen LogP contribution is -2.12. The summed E-state index contributed by atoms with van der Waals surface area (Å²) < 4.78 is 10.2. The molecule has 3 nitrogen and oxygen atoms in total. The lowest BCUT2D eigenvalue weighted by atomic mass is 10.1. The van der Waals surface area contributed by atoms with Gasteiger partial charge in [0.25, 0.3) is 0 Å². The first-order valence-electron chi connectivity index (χ1n) is 5.93. The summed E-state index contributed by atoms with van der Waals surface area (Å²) in [6, 6.07) is 7.94. The average molecular weight is 236 g/mol. The molecule has 0 aliphatic rings. The van der Waals surface area contributed by atoms with Gasteiger partial charge < -0.3 is 9.47 Å². The molecule has 0 amide bonds. The predicted octanol–water partition coefficient (Wildman–Crippen LogP) is 2.83. The lowest BCUT2D eigenvalue weighted by Gasteiger charge is -2.07. The summed E-state index contributed by atoms with van der Waals surface area (Å²) in [5.41, 5.74) is 1.23. The van der Waals surface area contributed by atoms with Crippen molar-refractivity contribution in [1.82, 2.24) is 0 Å². The van der Waals surface area contributed by atoms with Gasteiger partial charge in [-0.05, 0) is 30.5 Å². The van der Waals surface area contributed by atoms with Gasteiger partial charge in [0.05, 0.1) is 19.6 Å². The number of hydrogen-bond acceptors (Lipinski definition) is 3. The molecule has 0 aliphatic carbocycles. The largest absolute Gasteiger partial charge is 0.497 e. The van der Waals surface area contributed by atoms with Gasteiger partial charge in [-0.15, -0.1) is 0 Å². The van der Waals surface area contributed by atoms with Crippen molar-refractivity contribution in [2.24, 2.45) is 5.92 Å². The molecule has 0 unspecified atom stereocenters. The van der Waals surface area contributed by atoms with Crippen molar-refractivity contribution in [2.45, 2.75) is 26.7 Å². The molecule has 0 radical (unpaired) electrons. The van der Waals surface area contributed by atoms with Crippen molar-refractivity contribution in [3.05, 3.63) is 29.8 Å². The smallest absolute Gasteiger partial charge is 0.308 e. The molecule has 0 heterocycles. The van der Waals surface area contributed by atoms with Crippen LogP contribution in [0.15, 0.2) is 24.3 Å². The van der Waals surface area contributed by atoms with Crippen LogP contribution in [0.1, 0.15) is 25.8 Å². The second kappa shape index (κ2) is 6.94. The third-order valence-corrected chi connectivity index (χ3v) is 2.48. The second-order valence-electron chi connectivity index (χ2n) is 4.27. The molecule has 1 aromatic rings. The van der Waals surface area contributed by atoms with Gasteiger partial charge in [-0.3, -0.25) is 4.79 Å². The Morgan fingerprint density at radius 3 is 2.41 bits per heavy atom. The topological polar surface area (TPSA) is 35.5 Å². The Kier molecular flexibility index (Phi) is 5.53. The van der Waals surface area contributed by atoms with Crippen LogP contribution in [0.2, 0.25) is 0 Å². The van der Waals surface area contributed by atoms with E-state index in [1.54, 1.807) is 7.11 Å². The maximum Gasteiger partial charge on any atom is 0.308 e. The van der Waals surface area contributed by atoms with Crippen LogP contribution in [-0.2, 0) is 16.0 Å². The fourth-order valence-corrected chi connectivity index (χ4v) is 1.41. The van der Waals surface area contributed by atoms with E-state index < -0.39 is 0 Å². The molecule has 0 saturated heterocycles. The number of hydrogen-bond donors (Lipinski definition) is 0. The summed E-state index contributed by atoms with van der Waals surface area (Å²) in [4.78, 5) is 11.2. The summed E-state index contributed by atoms with van der Waals surface area (Å²) in [6.07, 6.45) is 1.76. The first-order chi connectivity index (χ1) is 8.13. The molecule has 0 saturated carbocycles. The van der Waals surface area contributed by atoms with E-state index in [1.807, 2.05) is 38.1 Å².